The first kappa shape index (κ1) is 20.3. The minimum atomic E-state index is -0.912. The second-order valence-corrected chi connectivity index (χ2v) is 9.05. The average Bonchev–Trinajstić information content (AvgIpc) is 3.16. The highest BCUT2D eigenvalue weighted by molar-refractivity contribution is 6.07. The fraction of sp³-hybridized carbons (Fsp3) is 0.320. The smallest absolute Gasteiger partial charge is 0.256 e. The summed E-state index contributed by atoms with van der Waals surface area (Å²) in [6.45, 7) is 5.05. The number of benzene rings is 2. The van der Waals surface area contributed by atoms with Gasteiger partial charge in [-0.3, -0.25) is 14.4 Å². The molecule has 0 saturated carbocycles. The number of amides is 3. The summed E-state index contributed by atoms with van der Waals surface area (Å²) in [4.78, 5) is 42.3. The Hall–Kier alpha value is -3.61. The zero-order valence-electron chi connectivity index (χ0n) is 18.2. The van der Waals surface area contributed by atoms with Crippen molar-refractivity contribution in [3.63, 3.8) is 0 Å². The number of para-hydroxylation sites is 1. The monoisotopic (exact) mass is 430 g/mol. The average molecular weight is 431 g/mol. The Morgan fingerprint density at radius 1 is 1.03 bits per heavy atom. The highest BCUT2D eigenvalue weighted by Gasteiger charge is 2.48. The Bertz CT molecular complexity index is 1210. The predicted molar refractivity (Wildman–Crippen MR) is 121 cm³/mol. The van der Waals surface area contributed by atoms with Crippen LogP contribution in [0.25, 0.3) is 10.9 Å². The molecule has 2 fully saturated rings. The van der Waals surface area contributed by atoms with Gasteiger partial charge in [-0.05, 0) is 25.5 Å². The van der Waals surface area contributed by atoms with Crippen LogP contribution in [-0.2, 0) is 16.1 Å². The number of hydrogen-bond donors (Lipinski definition) is 1. The molecule has 2 aliphatic heterocycles. The highest BCUT2D eigenvalue weighted by Crippen LogP contribution is 2.27. The van der Waals surface area contributed by atoms with E-state index >= 15 is 0 Å². The molecular formula is C25H26N4O3. The van der Waals surface area contributed by atoms with Gasteiger partial charge in [-0.15, -0.1) is 0 Å². The second kappa shape index (κ2) is 7.51. The number of aromatic nitrogens is 1. The zero-order valence-corrected chi connectivity index (χ0v) is 18.2. The molecule has 32 heavy (non-hydrogen) atoms. The van der Waals surface area contributed by atoms with Gasteiger partial charge in [-0.2, -0.15) is 0 Å². The van der Waals surface area contributed by atoms with E-state index in [2.05, 4.69) is 22.0 Å². The molecule has 1 atom stereocenters. The largest absolute Gasteiger partial charge is 0.342 e. The van der Waals surface area contributed by atoms with Crippen molar-refractivity contribution in [3.05, 3.63) is 71.9 Å². The van der Waals surface area contributed by atoms with Crippen LogP contribution in [0.4, 0.5) is 0 Å². The number of nitrogens with zero attached hydrogens (tertiary/aromatic N) is 3. The van der Waals surface area contributed by atoms with Crippen molar-refractivity contribution in [2.75, 3.05) is 19.6 Å². The summed E-state index contributed by atoms with van der Waals surface area (Å²) < 4.78 is 2.09. The van der Waals surface area contributed by atoms with Crippen molar-refractivity contribution in [2.45, 2.75) is 32.0 Å². The van der Waals surface area contributed by atoms with Crippen LogP contribution in [0.15, 0.2) is 60.8 Å². The van der Waals surface area contributed by atoms with E-state index in [1.807, 2.05) is 48.7 Å². The van der Waals surface area contributed by atoms with E-state index in [-0.39, 0.29) is 24.3 Å². The number of piperazine rings is 2. The first-order valence-corrected chi connectivity index (χ1v) is 10.9. The van der Waals surface area contributed by atoms with Gasteiger partial charge in [-0.25, -0.2) is 0 Å². The van der Waals surface area contributed by atoms with E-state index < -0.39 is 11.6 Å². The van der Waals surface area contributed by atoms with Crippen LogP contribution < -0.4 is 5.32 Å². The van der Waals surface area contributed by atoms with Gasteiger partial charge >= 0.3 is 0 Å². The normalized spacial score (nSPS) is 20.2. The molecule has 0 spiro atoms. The standard InChI is InChI=1S/C25H26N4O3/c1-25(2)24(32)29-13-12-27(16-21(29)22(30)26-25)23(31)19-15-28(14-17-8-4-3-5-9-17)20-11-7-6-10-18(19)20/h3-11,15,21H,12-14,16H2,1-2H3,(H,26,30). The van der Waals surface area contributed by atoms with Crippen molar-refractivity contribution in [2.24, 2.45) is 0 Å². The molecule has 3 amide bonds. The topological polar surface area (TPSA) is 74.7 Å². The van der Waals surface area contributed by atoms with E-state index in [1.54, 1.807) is 23.6 Å². The number of rotatable bonds is 3. The Kier molecular flexibility index (Phi) is 4.77. The van der Waals surface area contributed by atoms with Crippen LogP contribution in [0.3, 0.4) is 0 Å². The Morgan fingerprint density at radius 2 is 1.75 bits per heavy atom. The lowest BCUT2D eigenvalue weighted by Crippen LogP contribution is -2.72. The molecule has 2 aliphatic rings. The van der Waals surface area contributed by atoms with Gasteiger partial charge < -0.3 is 19.7 Å². The predicted octanol–water partition coefficient (Wildman–Crippen LogP) is 2.25. The van der Waals surface area contributed by atoms with Crippen LogP contribution in [0, 0.1) is 0 Å². The van der Waals surface area contributed by atoms with E-state index in [0.717, 1.165) is 16.5 Å². The summed E-state index contributed by atoms with van der Waals surface area (Å²) in [5.74, 6) is -0.426. The van der Waals surface area contributed by atoms with E-state index in [9.17, 15) is 14.4 Å². The zero-order chi connectivity index (χ0) is 22.5. The van der Waals surface area contributed by atoms with Gasteiger partial charge in [-0.1, -0.05) is 48.5 Å². The molecule has 0 aliphatic carbocycles. The number of carbonyl (C=O) groups is 3. The van der Waals surface area contributed by atoms with E-state index in [1.165, 1.54) is 0 Å². The van der Waals surface area contributed by atoms with Crippen LogP contribution in [-0.4, -0.2) is 63.3 Å². The minimum absolute atomic E-state index is 0.103. The lowest BCUT2D eigenvalue weighted by atomic mass is 9.95. The molecule has 5 rings (SSSR count). The maximum atomic E-state index is 13.5. The number of fused-ring (bicyclic) bond motifs is 2. The third-order valence-electron chi connectivity index (χ3n) is 6.42. The van der Waals surface area contributed by atoms with E-state index in [0.29, 0.717) is 25.2 Å². The summed E-state index contributed by atoms with van der Waals surface area (Å²) in [6.07, 6.45) is 1.90. The number of nitrogens with one attached hydrogen (secondary N) is 1. The van der Waals surface area contributed by atoms with Gasteiger partial charge in [0.15, 0.2) is 0 Å². The van der Waals surface area contributed by atoms with Gasteiger partial charge in [0.05, 0.1) is 12.1 Å². The molecule has 1 unspecified atom stereocenters. The maximum absolute atomic E-state index is 13.5. The van der Waals surface area contributed by atoms with Gasteiger partial charge in [0.2, 0.25) is 11.8 Å². The van der Waals surface area contributed by atoms with Crippen molar-refractivity contribution < 1.29 is 14.4 Å². The molecular weight excluding hydrogens is 404 g/mol. The van der Waals surface area contributed by atoms with Crippen molar-refractivity contribution in [3.8, 4) is 0 Å². The molecule has 1 aromatic heterocycles. The fourth-order valence-electron chi connectivity index (χ4n) is 4.74. The van der Waals surface area contributed by atoms with Crippen LogP contribution in [0.2, 0.25) is 0 Å². The third-order valence-corrected chi connectivity index (χ3v) is 6.42. The minimum Gasteiger partial charge on any atom is -0.342 e. The van der Waals surface area contributed by atoms with Crippen LogP contribution in [0.5, 0.6) is 0 Å². The van der Waals surface area contributed by atoms with E-state index in [4.69, 9.17) is 0 Å². The molecule has 7 nitrogen and oxygen atoms in total. The van der Waals surface area contributed by atoms with Crippen molar-refractivity contribution >= 4 is 28.6 Å². The molecule has 0 bridgehead atoms. The first-order chi connectivity index (χ1) is 15.3. The first-order valence-electron chi connectivity index (χ1n) is 10.9. The SMILES string of the molecule is CC1(C)NC(=O)C2CN(C(=O)c3cn(Cc4ccccc4)c4ccccc34)CCN2C1=O. The number of hydrogen-bond acceptors (Lipinski definition) is 3. The van der Waals surface area contributed by atoms with Gasteiger partial charge in [0.1, 0.15) is 11.6 Å². The second-order valence-electron chi connectivity index (χ2n) is 9.05. The highest BCUT2D eigenvalue weighted by atomic mass is 16.2. The van der Waals surface area contributed by atoms with Crippen molar-refractivity contribution in [1.29, 1.82) is 0 Å². The summed E-state index contributed by atoms with van der Waals surface area (Å²) in [6, 6.07) is 17.3. The third kappa shape index (κ3) is 3.34. The lowest BCUT2D eigenvalue weighted by Gasteiger charge is -2.47. The summed E-state index contributed by atoms with van der Waals surface area (Å²) in [5, 5.41) is 3.68. The fourth-order valence-corrected chi connectivity index (χ4v) is 4.74. The Labute approximate surface area is 186 Å². The molecule has 3 heterocycles. The summed E-state index contributed by atoms with van der Waals surface area (Å²) >= 11 is 0. The van der Waals surface area contributed by atoms with Crippen molar-refractivity contribution in [1.82, 2.24) is 19.7 Å². The quantitative estimate of drug-likeness (QED) is 0.693. The van der Waals surface area contributed by atoms with Gasteiger partial charge in [0.25, 0.3) is 5.91 Å². The summed E-state index contributed by atoms with van der Waals surface area (Å²) in [7, 11) is 0. The maximum Gasteiger partial charge on any atom is 0.256 e. The lowest BCUT2D eigenvalue weighted by molar-refractivity contribution is -0.156. The number of carbonyl (C=O) groups excluding carboxylic acids is 3. The van der Waals surface area contributed by atoms with Crippen LogP contribution >= 0.6 is 0 Å². The Morgan fingerprint density at radius 3 is 2.53 bits per heavy atom. The molecule has 2 saturated heterocycles. The molecule has 3 aromatic rings. The molecule has 1 N–H and O–H groups in total. The Balaban J connectivity index is 1.43. The molecule has 164 valence electrons. The molecule has 0 radical (unpaired) electrons. The molecule has 2 aromatic carbocycles. The molecule has 7 heteroatoms. The summed E-state index contributed by atoms with van der Waals surface area (Å²) in [5.41, 5.74) is 1.85. The van der Waals surface area contributed by atoms with Crippen LogP contribution in [0.1, 0.15) is 29.8 Å². The van der Waals surface area contributed by atoms with Gasteiger partial charge in [0, 0.05) is 36.7 Å².